The molecule has 0 aromatic rings. The highest BCUT2D eigenvalue weighted by molar-refractivity contribution is 5.97. The topological polar surface area (TPSA) is 74.7 Å². The SMILES string of the molecule is CCCCCCCC(=O)N(CC(=O)O)C(=O)CCCCC. The fourth-order valence-corrected chi connectivity index (χ4v) is 2.13. The zero-order valence-corrected chi connectivity index (χ0v) is 13.4. The van der Waals surface area contributed by atoms with Crippen LogP contribution >= 0.6 is 0 Å². The van der Waals surface area contributed by atoms with Gasteiger partial charge in [-0.1, -0.05) is 52.4 Å². The van der Waals surface area contributed by atoms with Gasteiger partial charge in [0, 0.05) is 12.8 Å². The van der Waals surface area contributed by atoms with E-state index in [0.29, 0.717) is 6.42 Å². The number of rotatable bonds is 12. The Balaban J connectivity index is 4.27. The second-order valence-corrected chi connectivity index (χ2v) is 5.39. The second kappa shape index (κ2) is 12.4. The summed E-state index contributed by atoms with van der Waals surface area (Å²) in [5.74, 6) is -1.85. The molecule has 0 aliphatic carbocycles. The Morgan fingerprint density at radius 2 is 1.19 bits per heavy atom. The maximum atomic E-state index is 12.0. The minimum Gasteiger partial charge on any atom is -0.480 e. The smallest absolute Gasteiger partial charge is 0.323 e. The third-order valence-corrected chi connectivity index (χ3v) is 3.38. The molecule has 0 atom stereocenters. The van der Waals surface area contributed by atoms with Crippen molar-refractivity contribution in [2.75, 3.05) is 6.54 Å². The van der Waals surface area contributed by atoms with E-state index in [-0.39, 0.29) is 24.7 Å². The molecule has 5 heteroatoms. The molecule has 0 rings (SSSR count). The molecule has 0 aromatic carbocycles. The molecule has 0 radical (unpaired) electrons. The number of carbonyl (C=O) groups is 3. The van der Waals surface area contributed by atoms with Gasteiger partial charge in [-0.05, 0) is 12.8 Å². The van der Waals surface area contributed by atoms with Crippen molar-refractivity contribution in [2.45, 2.75) is 78.1 Å². The lowest BCUT2D eigenvalue weighted by molar-refractivity contribution is -0.152. The molecule has 21 heavy (non-hydrogen) atoms. The van der Waals surface area contributed by atoms with E-state index in [1.807, 2.05) is 6.92 Å². The van der Waals surface area contributed by atoms with Crippen LogP contribution in [0.15, 0.2) is 0 Å². The maximum absolute atomic E-state index is 12.0. The molecule has 2 amide bonds. The first-order chi connectivity index (χ1) is 10.0. The standard InChI is InChI=1S/C16H29NO4/c1-3-5-7-8-10-12-15(19)17(13-16(20)21)14(18)11-9-6-4-2/h3-13H2,1-2H3,(H,20,21). The summed E-state index contributed by atoms with van der Waals surface area (Å²) in [6.45, 7) is 3.63. The molecule has 0 fully saturated rings. The van der Waals surface area contributed by atoms with Crippen molar-refractivity contribution in [3.8, 4) is 0 Å². The van der Waals surface area contributed by atoms with Gasteiger partial charge in [0.25, 0.3) is 0 Å². The van der Waals surface area contributed by atoms with Crippen LogP contribution in [0.5, 0.6) is 0 Å². The predicted octanol–water partition coefficient (Wildman–Crippen LogP) is 3.37. The van der Waals surface area contributed by atoms with E-state index in [0.717, 1.165) is 49.8 Å². The summed E-state index contributed by atoms with van der Waals surface area (Å²) in [4.78, 5) is 35.7. The minimum atomic E-state index is -1.14. The number of carboxylic acids is 1. The van der Waals surface area contributed by atoms with Crippen LogP contribution in [-0.4, -0.2) is 34.3 Å². The molecule has 0 saturated carbocycles. The number of imide groups is 1. The van der Waals surface area contributed by atoms with E-state index < -0.39 is 12.5 Å². The minimum absolute atomic E-state index is 0.253. The summed E-state index contributed by atoms with van der Waals surface area (Å²) in [7, 11) is 0. The number of aliphatic carboxylic acids is 1. The van der Waals surface area contributed by atoms with Gasteiger partial charge < -0.3 is 5.11 Å². The lowest BCUT2D eigenvalue weighted by Crippen LogP contribution is -2.40. The van der Waals surface area contributed by atoms with Crippen molar-refractivity contribution in [1.29, 1.82) is 0 Å². The third-order valence-electron chi connectivity index (χ3n) is 3.38. The van der Waals surface area contributed by atoms with Crippen molar-refractivity contribution in [2.24, 2.45) is 0 Å². The van der Waals surface area contributed by atoms with Crippen LogP contribution in [-0.2, 0) is 14.4 Å². The number of nitrogens with zero attached hydrogens (tertiary/aromatic N) is 1. The van der Waals surface area contributed by atoms with Gasteiger partial charge in [0.15, 0.2) is 0 Å². The van der Waals surface area contributed by atoms with Crippen molar-refractivity contribution in [3.05, 3.63) is 0 Å². The van der Waals surface area contributed by atoms with Crippen LogP contribution in [0.3, 0.4) is 0 Å². The van der Waals surface area contributed by atoms with Gasteiger partial charge in [-0.15, -0.1) is 0 Å². The summed E-state index contributed by atoms with van der Waals surface area (Å²) in [5.41, 5.74) is 0. The van der Waals surface area contributed by atoms with Gasteiger partial charge in [0.05, 0.1) is 0 Å². The van der Waals surface area contributed by atoms with Gasteiger partial charge >= 0.3 is 5.97 Å². The maximum Gasteiger partial charge on any atom is 0.323 e. The van der Waals surface area contributed by atoms with Gasteiger partial charge in [-0.2, -0.15) is 0 Å². The first-order valence-electron chi connectivity index (χ1n) is 8.07. The van der Waals surface area contributed by atoms with Crippen molar-refractivity contribution in [1.82, 2.24) is 4.90 Å². The third kappa shape index (κ3) is 10.0. The van der Waals surface area contributed by atoms with Crippen LogP contribution in [0.25, 0.3) is 0 Å². The Kier molecular flexibility index (Phi) is 11.5. The van der Waals surface area contributed by atoms with E-state index in [1.165, 1.54) is 0 Å². The van der Waals surface area contributed by atoms with Gasteiger partial charge in [0.1, 0.15) is 6.54 Å². The molecule has 0 spiro atoms. The first kappa shape index (κ1) is 19.6. The monoisotopic (exact) mass is 299 g/mol. The molecule has 0 aliphatic rings. The van der Waals surface area contributed by atoms with E-state index in [2.05, 4.69) is 6.92 Å². The summed E-state index contributed by atoms with van der Waals surface area (Å²) in [6, 6.07) is 0. The Hall–Kier alpha value is -1.39. The van der Waals surface area contributed by atoms with Crippen LogP contribution in [0.4, 0.5) is 0 Å². The lowest BCUT2D eigenvalue weighted by atomic mass is 10.1. The van der Waals surface area contributed by atoms with Crippen molar-refractivity contribution in [3.63, 3.8) is 0 Å². The van der Waals surface area contributed by atoms with Crippen molar-refractivity contribution >= 4 is 17.8 Å². The molecule has 0 aromatic heterocycles. The van der Waals surface area contributed by atoms with Crippen LogP contribution in [0.2, 0.25) is 0 Å². The fraction of sp³-hybridized carbons (Fsp3) is 0.812. The molecule has 0 saturated heterocycles. The van der Waals surface area contributed by atoms with Gasteiger partial charge in [-0.3, -0.25) is 19.3 Å². The Morgan fingerprint density at radius 1 is 0.762 bits per heavy atom. The van der Waals surface area contributed by atoms with Crippen LogP contribution < -0.4 is 0 Å². The molecule has 122 valence electrons. The Morgan fingerprint density at radius 3 is 1.67 bits per heavy atom. The number of amides is 2. The van der Waals surface area contributed by atoms with E-state index >= 15 is 0 Å². The quantitative estimate of drug-likeness (QED) is 0.561. The average Bonchev–Trinajstić information content (AvgIpc) is 2.44. The molecular formula is C16H29NO4. The Labute approximate surface area is 127 Å². The number of hydrogen-bond acceptors (Lipinski definition) is 3. The highest BCUT2D eigenvalue weighted by atomic mass is 16.4. The molecule has 1 N–H and O–H groups in total. The molecular weight excluding hydrogens is 270 g/mol. The molecule has 0 unspecified atom stereocenters. The molecule has 0 heterocycles. The summed E-state index contributed by atoms with van der Waals surface area (Å²) in [5, 5.41) is 8.85. The number of hydrogen-bond donors (Lipinski definition) is 1. The molecule has 0 aliphatic heterocycles. The summed E-state index contributed by atoms with van der Waals surface area (Å²) in [6.07, 6.45) is 8.14. The summed E-state index contributed by atoms with van der Waals surface area (Å²) < 4.78 is 0. The number of carbonyl (C=O) groups excluding carboxylic acids is 2. The van der Waals surface area contributed by atoms with Crippen molar-refractivity contribution < 1.29 is 19.5 Å². The number of carboxylic acid groups (broad SMARTS) is 1. The largest absolute Gasteiger partial charge is 0.480 e. The number of unbranched alkanes of at least 4 members (excludes halogenated alkanes) is 6. The molecule has 5 nitrogen and oxygen atoms in total. The zero-order chi connectivity index (χ0) is 16.1. The second-order valence-electron chi connectivity index (χ2n) is 5.39. The highest BCUT2D eigenvalue weighted by Crippen LogP contribution is 2.09. The predicted molar refractivity (Wildman–Crippen MR) is 81.9 cm³/mol. The van der Waals surface area contributed by atoms with Crippen LogP contribution in [0, 0.1) is 0 Å². The first-order valence-corrected chi connectivity index (χ1v) is 8.07. The van der Waals surface area contributed by atoms with Gasteiger partial charge in [0.2, 0.25) is 11.8 Å². The Bertz CT molecular complexity index is 328. The molecule has 0 bridgehead atoms. The average molecular weight is 299 g/mol. The lowest BCUT2D eigenvalue weighted by Gasteiger charge is -2.19. The van der Waals surface area contributed by atoms with E-state index in [4.69, 9.17) is 5.11 Å². The fourth-order valence-electron chi connectivity index (χ4n) is 2.13. The highest BCUT2D eigenvalue weighted by Gasteiger charge is 2.22. The van der Waals surface area contributed by atoms with E-state index in [1.54, 1.807) is 0 Å². The van der Waals surface area contributed by atoms with E-state index in [9.17, 15) is 14.4 Å². The summed E-state index contributed by atoms with van der Waals surface area (Å²) >= 11 is 0. The normalized spacial score (nSPS) is 10.4. The van der Waals surface area contributed by atoms with Crippen LogP contribution in [0.1, 0.15) is 78.1 Å². The zero-order valence-electron chi connectivity index (χ0n) is 13.4. The van der Waals surface area contributed by atoms with Gasteiger partial charge in [-0.25, -0.2) is 0 Å².